The van der Waals surface area contributed by atoms with Gasteiger partial charge < -0.3 is 10.6 Å². The fraction of sp³-hybridized carbons (Fsp3) is 0.750. The summed E-state index contributed by atoms with van der Waals surface area (Å²) in [4.78, 5) is 15.2. The second-order valence-electron chi connectivity index (χ2n) is 6.50. The van der Waals surface area contributed by atoms with E-state index in [1.807, 2.05) is 0 Å². The molecule has 0 spiro atoms. The number of aromatic amines is 1. The Kier molecular flexibility index (Phi) is 4.46. The van der Waals surface area contributed by atoms with Crippen molar-refractivity contribution in [3.63, 3.8) is 0 Å². The molecule has 0 bridgehead atoms. The van der Waals surface area contributed by atoms with Crippen LogP contribution in [0.25, 0.3) is 0 Å². The van der Waals surface area contributed by atoms with Crippen LogP contribution in [0.15, 0.2) is 6.20 Å². The van der Waals surface area contributed by atoms with Gasteiger partial charge in [0.25, 0.3) is 5.91 Å². The molecule has 21 heavy (non-hydrogen) atoms. The third kappa shape index (κ3) is 3.06. The molecule has 0 atom stereocenters. The van der Waals surface area contributed by atoms with Crippen molar-refractivity contribution >= 4 is 11.6 Å². The maximum absolute atomic E-state index is 13.0. The van der Waals surface area contributed by atoms with Crippen molar-refractivity contribution < 1.29 is 4.79 Å². The molecule has 0 unspecified atom stereocenters. The Balaban J connectivity index is 1.83. The van der Waals surface area contributed by atoms with Gasteiger partial charge in [0.05, 0.1) is 11.9 Å². The van der Waals surface area contributed by atoms with Crippen LogP contribution in [0.5, 0.6) is 0 Å². The molecule has 3 rings (SSSR count). The zero-order valence-corrected chi connectivity index (χ0v) is 12.7. The zero-order valence-electron chi connectivity index (χ0n) is 12.7. The van der Waals surface area contributed by atoms with Crippen LogP contribution in [-0.2, 0) is 0 Å². The molecule has 0 radical (unpaired) electrons. The molecule has 5 heteroatoms. The number of nitrogen functional groups attached to an aromatic ring is 1. The second-order valence-corrected chi connectivity index (χ2v) is 6.50. The average molecular weight is 290 g/mol. The number of carbonyl (C=O) groups is 1. The highest BCUT2D eigenvalue weighted by atomic mass is 16.2. The normalized spacial score (nSPS) is 21.3. The molecule has 5 nitrogen and oxygen atoms in total. The van der Waals surface area contributed by atoms with Crippen molar-refractivity contribution in [2.45, 2.75) is 76.3 Å². The number of hydrogen-bond donors (Lipinski definition) is 2. The van der Waals surface area contributed by atoms with Gasteiger partial charge >= 0.3 is 0 Å². The highest BCUT2D eigenvalue weighted by molar-refractivity contribution is 5.97. The van der Waals surface area contributed by atoms with E-state index in [2.05, 4.69) is 15.1 Å². The van der Waals surface area contributed by atoms with E-state index in [1.54, 1.807) is 0 Å². The van der Waals surface area contributed by atoms with E-state index in [4.69, 9.17) is 5.73 Å². The van der Waals surface area contributed by atoms with E-state index in [1.165, 1.54) is 44.7 Å². The van der Waals surface area contributed by atoms with Crippen LogP contribution < -0.4 is 5.73 Å². The molecule has 0 saturated heterocycles. The van der Waals surface area contributed by atoms with Gasteiger partial charge in [-0.15, -0.1) is 0 Å². The molecule has 1 heterocycles. The lowest BCUT2D eigenvalue weighted by Crippen LogP contribution is -2.49. The van der Waals surface area contributed by atoms with Crippen LogP contribution in [0.1, 0.15) is 74.7 Å². The summed E-state index contributed by atoms with van der Waals surface area (Å²) in [5.41, 5.74) is 6.84. The Morgan fingerprint density at radius 3 is 2.00 bits per heavy atom. The standard InChI is InChI=1S/C16H26N4O/c17-14-11-18-19-15(14)16(21)20(12-7-3-1-4-8-12)13-9-5-2-6-10-13/h11-13H,1-10,17H2,(H,18,19). The summed E-state index contributed by atoms with van der Waals surface area (Å²) in [6.07, 6.45) is 13.6. The molecule has 2 aliphatic rings. The fourth-order valence-corrected chi connectivity index (χ4v) is 3.94. The van der Waals surface area contributed by atoms with Gasteiger partial charge in [-0.2, -0.15) is 5.10 Å². The van der Waals surface area contributed by atoms with Crippen LogP contribution in [0.3, 0.4) is 0 Å². The minimum absolute atomic E-state index is 0.0591. The molecule has 0 aliphatic heterocycles. The number of rotatable bonds is 3. The Morgan fingerprint density at radius 2 is 1.57 bits per heavy atom. The van der Waals surface area contributed by atoms with Gasteiger partial charge in [0.15, 0.2) is 0 Å². The number of anilines is 1. The number of hydrogen-bond acceptors (Lipinski definition) is 3. The van der Waals surface area contributed by atoms with Crippen molar-refractivity contribution in [1.82, 2.24) is 15.1 Å². The van der Waals surface area contributed by atoms with E-state index >= 15 is 0 Å². The number of carbonyl (C=O) groups excluding carboxylic acids is 1. The predicted molar refractivity (Wildman–Crippen MR) is 82.9 cm³/mol. The minimum atomic E-state index is 0.0591. The van der Waals surface area contributed by atoms with Gasteiger partial charge in [-0.05, 0) is 25.7 Å². The molecule has 2 saturated carbocycles. The Hall–Kier alpha value is -1.52. The van der Waals surface area contributed by atoms with Crippen molar-refractivity contribution in [2.75, 3.05) is 5.73 Å². The van der Waals surface area contributed by atoms with Crippen LogP contribution in [0.4, 0.5) is 5.69 Å². The Bertz CT molecular complexity index is 454. The first-order chi connectivity index (χ1) is 10.3. The van der Waals surface area contributed by atoms with E-state index in [0.29, 0.717) is 23.5 Å². The lowest BCUT2D eigenvalue weighted by Gasteiger charge is -2.41. The molecular formula is C16H26N4O. The van der Waals surface area contributed by atoms with E-state index in [9.17, 15) is 4.79 Å². The molecule has 1 aromatic rings. The van der Waals surface area contributed by atoms with E-state index in [0.717, 1.165) is 25.7 Å². The largest absolute Gasteiger partial charge is 0.396 e. The molecule has 116 valence electrons. The molecule has 1 amide bonds. The molecule has 2 fully saturated rings. The van der Waals surface area contributed by atoms with Gasteiger partial charge in [-0.1, -0.05) is 38.5 Å². The number of amides is 1. The maximum Gasteiger partial charge on any atom is 0.274 e. The topological polar surface area (TPSA) is 75.0 Å². The van der Waals surface area contributed by atoms with Crippen LogP contribution in [-0.4, -0.2) is 33.1 Å². The Labute approximate surface area is 126 Å². The highest BCUT2D eigenvalue weighted by Crippen LogP contribution is 2.31. The molecule has 1 aromatic heterocycles. The fourth-order valence-electron chi connectivity index (χ4n) is 3.94. The molecular weight excluding hydrogens is 264 g/mol. The van der Waals surface area contributed by atoms with Crippen molar-refractivity contribution in [3.05, 3.63) is 11.9 Å². The first-order valence-corrected chi connectivity index (χ1v) is 8.39. The van der Waals surface area contributed by atoms with Crippen LogP contribution >= 0.6 is 0 Å². The SMILES string of the molecule is Nc1cn[nH]c1C(=O)N(C1CCCCC1)C1CCCCC1. The second kappa shape index (κ2) is 6.50. The molecule has 0 aromatic carbocycles. The number of nitrogens with zero attached hydrogens (tertiary/aromatic N) is 2. The van der Waals surface area contributed by atoms with E-state index < -0.39 is 0 Å². The summed E-state index contributed by atoms with van der Waals surface area (Å²) in [7, 11) is 0. The minimum Gasteiger partial charge on any atom is -0.396 e. The number of aromatic nitrogens is 2. The van der Waals surface area contributed by atoms with Gasteiger partial charge in [0.2, 0.25) is 0 Å². The average Bonchev–Trinajstić information content (AvgIpc) is 2.96. The molecule has 2 aliphatic carbocycles. The quantitative estimate of drug-likeness (QED) is 0.898. The van der Waals surface area contributed by atoms with Crippen molar-refractivity contribution in [2.24, 2.45) is 0 Å². The lowest BCUT2D eigenvalue weighted by molar-refractivity contribution is 0.0443. The lowest BCUT2D eigenvalue weighted by atomic mass is 9.88. The first kappa shape index (κ1) is 14.4. The third-order valence-electron chi connectivity index (χ3n) is 5.05. The van der Waals surface area contributed by atoms with Gasteiger partial charge in [0.1, 0.15) is 5.69 Å². The molecule has 3 N–H and O–H groups in total. The predicted octanol–water partition coefficient (Wildman–Crippen LogP) is 3.10. The zero-order chi connectivity index (χ0) is 14.7. The summed E-state index contributed by atoms with van der Waals surface area (Å²) >= 11 is 0. The van der Waals surface area contributed by atoms with Gasteiger partial charge in [-0.25, -0.2) is 0 Å². The number of nitrogens with two attached hydrogens (primary N) is 1. The maximum atomic E-state index is 13.0. The van der Waals surface area contributed by atoms with E-state index in [-0.39, 0.29) is 5.91 Å². The smallest absolute Gasteiger partial charge is 0.274 e. The summed E-state index contributed by atoms with van der Waals surface area (Å²) in [5.74, 6) is 0.0591. The van der Waals surface area contributed by atoms with Gasteiger partial charge in [0, 0.05) is 12.1 Å². The number of nitrogens with one attached hydrogen (secondary N) is 1. The monoisotopic (exact) mass is 290 g/mol. The summed E-state index contributed by atoms with van der Waals surface area (Å²) in [6.45, 7) is 0. The highest BCUT2D eigenvalue weighted by Gasteiger charge is 2.34. The summed E-state index contributed by atoms with van der Waals surface area (Å²) in [6, 6.07) is 0.772. The third-order valence-corrected chi connectivity index (χ3v) is 5.05. The van der Waals surface area contributed by atoms with Crippen LogP contribution in [0.2, 0.25) is 0 Å². The van der Waals surface area contributed by atoms with Gasteiger partial charge in [-0.3, -0.25) is 9.89 Å². The van der Waals surface area contributed by atoms with Crippen molar-refractivity contribution in [1.29, 1.82) is 0 Å². The Morgan fingerprint density at radius 1 is 1.05 bits per heavy atom. The van der Waals surface area contributed by atoms with Crippen molar-refractivity contribution in [3.8, 4) is 0 Å². The first-order valence-electron chi connectivity index (χ1n) is 8.39. The van der Waals surface area contributed by atoms with Crippen LogP contribution in [0, 0.1) is 0 Å². The number of H-pyrrole nitrogens is 1. The summed E-state index contributed by atoms with van der Waals surface area (Å²) in [5, 5.41) is 6.72. The summed E-state index contributed by atoms with van der Waals surface area (Å²) < 4.78 is 0.